The van der Waals surface area contributed by atoms with E-state index in [1.165, 1.54) is 0 Å². The Bertz CT molecular complexity index is 338. The molecule has 0 amide bonds. The average Bonchev–Trinajstić information content (AvgIpc) is 1.78. The van der Waals surface area contributed by atoms with E-state index in [-0.39, 0.29) is 0 Å². The topological polar surface area (TPSA) is 127 Å². The molecule has 13 heavy (non-hydrogen) atoms. The summed E-state index contributed by atoms with van der Waals surface area (Å²) < 4.78 is 63.8. The Morgan fingerprint density at radius 3 is 1.92 bits per heavy atom. The van der Waals surface area contributed by atoms with Crippen molar-refractivity contribution in [2.24, 2.45) is 0 Å². The molecule has 0 aromatic rings. The highest BCUT2D eigenvalue weighted by Gasteiger charge is 2.15. The van der Waals surface area contributed by atoms with Crippen LogP contribution in [0, 0.1) is 0 Å². The minimum Gasteiger partial charge on any atom is -0.264 e. The Morgan fingerprint density at radius 2 is 1.62 bits per heavy atom. The normalized spacial score (nSPS) is 15.6. The van der Waals surface area contributed by atoms with Gasteiger partial charge in [-0.1, -0.05) is 0 Å². The molecule has 0 aliphatic carbocycles. The zero-order valence-corrected chi connectivity index (χ0v) is 8.08. The van der Waals surface area contributed by atoms with Gasteiger partial charge in [0.25, 0.3) is 0 Å². The van der Waals surface area contributed by atoms with E-state index in [0.717, 1.165) is 6.92 Å². The van der Waals surface area contributed by atoms with E-state index in [0.29, 0.717) is 0 Å². The van der Waals surface area contributed by atoms with Crippen LogP contribution in [0.1, 0.15) is 6.92 Å². The van der Waals surface area contributed by atoms with Crippen molar-refractivity contribution in [1.82, 2.24) is 0 Å². The van der Waals surface area contributed by atoms with Crippen LogP contribution in [0.3, 0.4) is 0 Å². The van der Waals surface area contributed by atoms with Gasteiger partial charge in [-0.05, 0) is 6.92 Å². The molecule has 1 atom stereocenters. The summed E-state index contributed by atoms with van der Waals surface area (Å²) in [6, 6.07) is 0. The maximum Gasteiger partial charge on any atom is 0.397 e. The molecule has 2 N–H and O–H groups in total. The molecule has 0 saturated heterocycles. The molecule has 0 heterocycles. The summed E-state index contributed by atoms with van der Waals surface area (Å²) in [4.78, 5) is 0. The highest BCUT2D eigenvalue weighted by molar-refractivity contribution is 7.81. The number of rotatable bonds is 5. The van der Waals surface area contributed by atoms with Crippen molar-refractivity contribution < 1.29 is 34.3 Å². The molecule has 0 bridgehead atoms. The van der Waals surface area contributed by atoms with Crippen molar-refractivity contribution in [3.05, 3.63) is 0 Å². The molecular weight excluding hydrogens is 228 g/mol. The SMILES string of the molecule is C[C@@H](COS(=O)(=O)O)OS(=O)(=O)O. The van der Waals surface area contributed by atoms with E-state index >= 15 is 0 Å². The summed E-state index contributed by atoms with van der Waals surface area (Å²) in [7, 11) is -9.28. The third-order valence-corrected chi connectivity index (χ3v) is 1.74. The van der Waals surface area contributed by atoms with Gasteiger partial charge in [0.15, 0.2) is 0 Å². The van der Waals surface area contributed by atoms with Gasteiger partial charge in [-0.25, -0.2) is 8.37 Å². The fraction of sp³-hybridized carbons (Fsp3) is 1.00. The largest absolute Gasteiger partial charge is 0.397 e. The molecule has 0 rings (SSSR count). The van der Waals surface area contributed by atoms with Crippen LogP contribution in [0.4, 0.5) is 0 Å². The zero-order valence-electron chi connectivity index (χ0n) is 6.44. The molecule has 10 heteroatoms. The van der Waals surface area contributed by atoms with Gasteiger partial charge in [0.1, 0.15) is 6.10 Å². The first-order chi connectivity index (χ1) is 5.60. The summed E-state index contributed by atoms with van der Waals surface area (Å²) >= 11 is 0. The molecule has 0 aromatic heterocycles. The van der Waals surface area contributed by atoms with Crippen LogP contribution >= 0.6 is 0 Å². The Balaban J connectivity index is 3.98. The molecule has 0 fully saturated rings. The minimum absolute atomic E-state index is 0.724. The Hall–Kier alpha value is -0.260. The first-order valence-electron chi connectivity index (χ1n) is 2.88. The van der Waals surface area contributed by atoms with Crippen LogP contribution in [-0.4, -0.2) is 38.7 Å². The molecule has 80 valence electrons. The predicted molar refractivity (Wildman–Crippen MR) is 39.6 cm³/mol. The zero-order chi connectivity index (χ0) is 10.7. The molecule has 0 saturated carbocycles. The lowest BCUT2D eigenvalue weighted by Crippen LogP contribution is -2.21. The molecule has 0 aliphatic heterocycles. The predicted octanol–water partition coefficient (Wildman–Crippen LogP) is -0.986. The monoisotopic (exact) mass is 236 g/mol. The lowest BCUT2D eigenvalue weighted by molar-refractivity contribution is 0.127. The molecular formula is C3H8O8S2. The van der Waals surface area contributed by atoms with Crippen LogP contribution < -0.4 is 0 Å². The van der Waals surface area contributed by atoms with Gasteiger partial charge < -0.3 is 0 Å². The molecule has 0 unspecified atom stereocenters. The number of hydrogen-bond acceptors (Lipinski definition) is 6. The van der Waals surface area contributed by atoms with Crippen LogP contribution in [0.2, 0.25) is 0 Å². The Kier molecular flexibility index (Phi) is 4.22. The fourth-order valence-corrected chi connectivity index (χ4v) is 1.25. The molecule has 0 aliphatic rings. The van der Waals surface area contributed by atoms with E-state index in [1.807, 2.05) is 0 Å². The summed E-state index contributed by atoms with van der Waals surface area (Å²) in [6.45, 7) is 0.400. The van der Waals surface area contributed by atoms with Gasteiger partial charge in [0.05, 0.1) is 6.61 Å². The fourth-order valence-electron chi connectivity index (χ4n) is 0.417. The van der Waals surface area contributed by atoms with Gasteiger partial charge in [-0.3, -0.25) is 9.11 Å². The quantitative estimate of drug-likeness (QED) is 0.582. The minimum atomic E-state index is -4.65. The second kappa shape index (κ2) is 4.30. The van der Waals surface area contributed by atoms with Crippen LogP contribution in [0.15, 0.2) is 0 Å². The third-order valence-electron chi connectivity index (χ3n) is 0.738. The number of hydrogen-bond donors (Lipinski definition) is 2. The molecule has 8 nitrogen and oxygen atoms in total. The van der Waals surface area contributed by atoms with E-state index in [9.17, 15) is 16.8 Å². The average molecular weight is 236 g/mol. The first-order valence-corrected chi connectivity index (χ1v) is 5.61. The van der Waals surface area contributed by atoms with Crippen molar-refractivity contribution in [3.8, 4) is 0 Å². The van der Waals surface area contributed by atoms with Crippen LogP contribution in [-0.2, 0) is 29.2 Å². The van der Waals surface area contributed by atoms with Gasteiger partial charge in [-0.15, -0.1) is 0 Å². The van der Waals surface area contributed by atoms with Crippen molar-refractivity contribution in [2.45, 2.75) is 13.0 Å². The maximum absolute atomic E-state index is 10.0. The third kappa shape index (κ3) is 9.66. The van der Waals surface area contributed by atoms with E-state index in [2.05, 4.69) is 8.37 Å². The van der Waals surface area contributed by atoms with Crippen LogP contribution in [0.25, 0.3) is 0 Å². The standard InChI is InChI=1S/C3H8O8S2/c1-3(11-13(7,8)9)2-10-12(4,5)6/h3H,2H2,1H3,(H,4,5,6)(H,7,8,9)/t3-/m0/s1. The van der Waals surface area contributed by atoms with Crippen molar-refractivity contribution in [1.29, 1.82) is 0 Å². The van der Waals surface area contributed by atoms with E-state index in [4.69, 9.17) is 9.11 Å². The van der Waals surface area contributed by atoms with Gasteiger partial charge in [0.2, 0.25) is 0 Å². The summed E-state index contributed by atoms with van der Waals surface area (Å²) in [6.07, 6.45) is -1.23. The van der Waals surface area contributed by atoms with Crippen molar-refractivity contribution in [2.75, 3.05) is 6.61 Å². The van der Waals surface area contributed by atoms with Gasteiger partial charge >= 0.3 is 20.8 Å². The van der Waals surface area contributed by atoms with Crippen molar-refractivity contribution >= 4 is 20.8 Å². The van der Waals surface area contributed by atoms with Gasteiger partial charge in [0, 0.05) is 0 Å². The lowest BCUT2D eigenvalue weighted by Gasteiger charge is -2.07. The summed E-state index contributed by atoms with van der Waals surface area (Å²) in [5.74, 6) is 0. The smallest absolute Gasteiger partial charge is 0.264 e. The van der Waals surface area contributed by atoms with Crippen molar-refractivity contribution in [3.63, 3.8) is 0 Å². The van der Waals surface area contributed by atoms with E-state index in [1.54, 1.807) is 0 Å². The maximum atomic E-state index is 10.0. The second-order valence-corrected chi connectivity index (χ2v) is 4.19. The highest BCUT2D eigenvalue weighted by Crippen LogP contribution is 1.99. The highest BCUT2D eigenvalue weighted by atomic mass is 32.3. The second-order valence-electron chi connectivity index (χ2n) is 2.05. The van der Waals surface area contributed by atoms with E-state index < -0.39 is 33.5 Å². The molecule has 0 radical (unpaired) electrons. The summed E-state index contributed by atoms with van der Waals surface area (Å²) in [5.41, 5.74) is 0. The van der Waals surface area contributed by atoms with Crippen LogP contribution in [0.5, 0.6) is 0 Å². The first kappa shape index (κ1) is 12.7. The van der Waals surface area contributed by atoms with Gasteiger partial charge in [-0.2, -0.15) is 16.8 Å². The molecule has 0 aromatic carbocycles. The Labute approximate surface area is 75.4 Å². The summed E-state index contributed by atoms with van der Waals surface area (Å²) in [5, 5.41) is 0. The Morgan fingerprint density at radius 1 is 1.15 bits per heavy atom. The lowest BCUT2D eigenvalue weighted by atomic mass is 10.5. The molecule has 0 spiro atoms.